The SMILES string of the molecule is Cc1ccc(C2=NCCSCC2)c(=O)o1. The predicted molar refractivity (Wildman–Crippen MR) is 63.1 cm³/mol. The fraction of sp³-hybridized carbons (Fsp3) is 0.455. The van der Waals surface area contributed by atoms with Crippen LogP contribution in [-0.2, 0) is 0 Å². The van der Waals surface area contributed by atoms with Gasteiger partial charge in [-0.25, -0.2) is 4.79 Å². The van der Waals surface area contributed by atoms with Crippen molar-refractivity contribution in [3.8, 4) is 0 Å². The van der Waals surface area contributed by atoms with Crippen molar-refractivity contribution in [2.24, 2.45) is 4.99 Å². The van der Waals surface area contributed by atoms with E-state index in [-0.39, 0.29) is 5.63 Å². The van der Waals surface area contributed by atoms with E-state index in [0.29, 0.717) is 11.3 Å². The summed E-state index contributed by atoms with van der Waals surface area (Å²) in [5.41, 5.74) is 1.26. The van der Waals surface area contributed by atoms with E-state index >= 15 is 0 Å². The predicted octanol–water partition coefficient (Wildman–Crippen LogP) is 1.87. The molecule has 15 heavy (non-hydrogen) atoms. The largest absolute Gasteiger partial charge is 0.428 e. The van der Waals surface area contributed by atoms with Gasteiger partial charge >= 0.3 is 5.63 Å². The number of rotatable bonds is 1. The molecular formula is C11H13NO2S. The molecule has 0 saturated heterocycles. The zero-order chi connectivity index (χ0) is 10.7. The number of nitrogens with zero attached hydrogens (tertiary/aromatic N) is 1. The van der Waals surface area contributed by atoms with E-state index in [4.69, 9.17) is 4.42 Å². The normalized spacial score (nSPS) is 17.0. The summed E-state index contributed by atoms with van der Waals surface area (Å²) in [5, 5.41) is 0. The smallest absolute Gasteiger partial charge is 0.345 e. The maximum Gasteiger partial charge on any atom is 0.345 e. The van der Waals surface area contributed by atoms with Crippen LogP contribution in [0.2, 0.25) is 0 Å². The van der Waals surface area contributed by atoms with Crippen LogP contribution in [0.15, 0.2) is 26.3 Å². The molecule has 0 saturated carbocycles. The molecule has 0 bridgehead atoms. The van der Waals surface area contributed by atoms with Crippen LogP contribution in [0, 0.1) is 6.92 Å². The van der Waals surface area contributed by atoms with Gasteiger partial charge < -0.3 is 4.42 Å². The van der Waals surface area contributed by atoms with Crippen LogP contribution in [0.3, 0.4) is 0 Å². The van der Waals surface area contributed by atoms with E-state index in [1.807, 2.05) is 23.9 Å². The first-order valence-corrected chi connectivity index (χ1v) is 6.15. The van der Waals surface area contributed by atoms with Crippen LogP contribution in [-0.4, -0.2) is 23.8 Å². The second kappa shape index (κ2) is 4.66. The van der Waals surface area contributed by atoms with Crippen LogP contribution in [0.1, 0.15) is 17.7 Å². The summed E-state index contributed by atoms with van der Waals surface area (Å²) in [6.07, 6.45) is 0.860. The second-order valence-electron chi connectivity index (χ2n) is 3.44. The molecule has 1 aliphatic heterocycles. The standard InChI is InChI=1S/C11H13NO2S/c1-8-2-3-9(11(13)14-8)10-4-6-15-7-5-12-10/h2-3H,4-7H2,1H3. The van der Waals surface area contributed by atoms with Crippen molar-refractivity contribution in [3.05, 3.63) is 33.9 Å². The highest BCUT2D eigenvalue weighted by Crippen LogP contribution is 2.11. The molecule has 3 nitrogen and oxygen atoms in total. The lowest BCUT2D eigenvalue weighted by atomic mass is 10.1. The monoisotopic (exact) mass is 223 g/mol. The summed E-state index contributed by atoms with van der Waals surface area (Å²) in [5.74, 6) is 2.72. The van der Waals surface area contributed by atoms with Gasteiger partial charge in [0, 0.05) is 12.3 Å². The average Bonchev–Trinajstić information content (AvgIpc) is 2.46. The minimum Gasteiger partial charge on any atom is -0.428 e. The molecule has 1 aromatic heterocycles. The summed E-state index contributed by atoms with van der Waals surface area (Å²) < 4.78 is 5.06. The Labute approximate surface area is 92.6 Å². The van der Waals surface area contributed by atoms with Gasteiger partial charge in [0.05, 0.1) is 11.3 Å². The molecule has 0 fully saturated rings. The third-order valence-corrected chi connectivity index (χ3v) is 3.25. The Balaban J connectivity index is 2.36. The van der Waals surface area contributed by atoms with Gasteiger partial charge in [-0.1, -0.05) is 0 Å². The summed E-state index contributed by atoms with van der Waals surface area (Å²) in [7, 11) is 0. The van der Waals surface area contributed by atoms with Gasteiger partial charge in [-0.2, -0.15) is 11.8 Å². The molecule has 4 heteroatoms. The number of hydrogen-bond donors (Lipinski definition) is 0. The van der Waals surface area contributed by atoms with Gasteiger partial charge in [-0.3, -0.25) is 4.99 Å². The van der Waals surface area contributed by atoms with Gasteiger partial charge in [0.2, 0.25) is 0 Å². The number of hydrogen-bond acceptors (Lipinski definition) is 4. The lowest BCUT2D eigenvalue weighted by molar-refractivity contribution is 0.478. The Bertz CT molecular complexity index is 436. The first-order valence-electron chi connectivity index (χ1n) is 4.99. The van der Waals surface area contributed by atoms with Crippen molar-refractivity contribution in [1.82, 2.24) is 0 Å². The van der Waals surface area contributed by atoms with E-state index in [1.165, 1.54) is 0 Å². The molecule has 2 rings (SSSR count). The van der Waals surface area contributed by atoms with E-state index in [0.717, 1.165) is 30.2 Å². The van der Waals surface area contributed by atoms with Crippen LogP contribution in [0.5, 0.6) is 0 Å². The Kier molecular flexibility index (Phi) is 3.26. The average molecular weight is 223 g/mol. The number of aliphatic imine (C=N–C) groups is 1. The van der Waals surface area contributed by atoms with Gasteiger partial charge in [0.15, 0.2) is 0 Å². The van der Waals surface area contributed by atoms with E-state index < -0.39 is 0 Å². The van der Waals surface area contributed by atoms with Crippen molar-refractivity contribution in [1.29, 1.82) is 0 Å². The zero-order valence-corrected chi connectivity index (χ0v) is 9.47. The van der Waals surface area contributed by atoms with Crippen molar-refractivity contribution in [2.75, 3.05) is 18.1 Å². The maximum absolute atomic E-state index is 11.6. The summed E-state index contributed by atoms with van der Waals surface area (Å²) in [6, 6.07) is 3.63. The van der Waals surface area contributed by atoms with Crippen molar-refractivity contribution < 1.29 is 4.42 Å². The minimum atomic E-state index is -0.263. The van der Waals surface area contributed by atoms with E-state index in [2.05, 4.69) is 4.99 Å². The first-order chi connectivity index (χ1) is 7.27. The summed E-state index contributed by atoms with van der Waals surface area (Å²) in [4.78, 5) is 16.0. The molecule has 1 aliphatic rings. The Morgan fingerprint density at radius 3 is 3.07 bits per heavy atom. The van der Waals surface area contributed by atoms with Crippen LogP contribution < -0.4 is 5.63 Å². The highest BCUT2D eigenvalue weighted by molar-refractivity contribution is 7.99. The Morgan fingerprint density at radius 2 is 2.27 bits per heavy atom. The summed E-state index contributed by atoms with van der Waals surface area (Å²) in [6.45, 7) is 2.57. The van der Waals surface area contributed by atoms with Crippen molar-refractivity contribution in [3.63, 3.8) is 0 Å². The van der Waals surface area contributed by atoms with Crippen molar-refractivity contribution >= 4 is 17.5 Å². The molecule has 1 aromatic rings. The maximum atomic E-state index is 11.6. The molecule has 0 N–H and O–H groups in total. The van der Waals surface area contributed by atoms with Crippen LogP contribution in [0.25, 0.3) is 0 Å². The van der Waals surface area contributed by atoms with Gasteiger partial charge in [-0.05, 0) is 31.2 Å². The lowest BCUT2D eigenvalue weighted by Gasteiger charge is -2.02. The molecular weight excluding hydrogens is 210 g/mol. The van der Waals surface area contributed by atoms with Gasteiger partial charge in [0.1, 0.15) is 5.76 Å². The number of aryl methyl sites for hydroxylation is 1. The molecule has 80 valence electrons. The molecule has 2 heterocycles. The topological polar surface area (TPSA) is 42.6 Å². The fourth-order valence-electron chi connectivity index (χ4n) is 1.53. The molecule has 0 radical (unpaired) electrons. The third kappa shape index (κ3) is 2.50. The van der Waals surface area contributed by atoms with Crippen LogP contribution >= 0.6 is 11.8 Å². The zero-order valence-electron chi connectivity index (χ0n) is 8.66. The molecule has 0 atom stereocenters. The van der Waals surface area contributed by atoms with E-state index in [9.17, 15) is 4.79 Å². The second-order valence-corrected chi connectivity index (χ2v) is 4.66. The van der Waals surface area contributed by atoms with E-state index in [1.54, 1.807) is 6.92 Å². The summed E-state index contributed by atoms with van der Waals surface area (Å²) >= 11 is 1.88. The van der Waals surface area contributed by atoms with Gasteiger partial charge in [0.25, 0.3) is 0 Å². The highest BCUT2D eigenvalue weighted by atomic mass is 32.2. The molecule has 0 unspecified atom stereocenters. The van der Waals surface area contributed by atoms with Crippen LogP contribution in [0.4, 0.5) is 0 Å². The van der Waals surface area contributed by atoms with Gasteiger partial charge in [-0.15, -0.1) is 0 Å². The number of thioether (sulfide) groups is 1. The third-order valence-electron chi connectivity index (χ3n) is 2.29. The Morgan fingerprint density at radius 1 is 1.40 bits per heavy atom. The lowest BCUT2D eigenvalue weighted by Crippen LogP contribution is -2.15. The molecule has 0 spiro atoms. The molecule has 0 aliphatic carbocycles. The highest BCUT2D eigenvalue weighted by Gasteiger charge is 2.11. The first kappa shape index (κ1) is 10.5. The fourth-order valence-corrected chi connectivity index (χ4v) is 2.30. The Hall–Kier alpha value is -1.03. The molecule has 0 aromatic carbocycles. The minimum absolute atomic E-state index is 0.263. The quantitative estimate of drug-likeness (QED) is 0.730. The van der Waals surface area contributed by atoms with Crippen molar-refractivity contribution in [2.45, 2.75) is 13.3 Å². The molecule has 0 amide bonds.